The van der Waals surface area contributed by atoms with E-state index >= 15 is 0 Å². The van der Waals surface area contributed by atoms with Gasteiger partial charge in [-0.25, -0.2) is 0 Å². The van der Waals surface area contributed by atoms with Crippen molar-refractivity contribution in [3.63, 3.8) is 0 Å². The van der Waals surface area contributed by atoms with E-state index in [4.69, 9.17) is 11.6 Å². The van der Waals surface area contributed by atoms with Crippen LogP contribution in [0.4, 0.5) is 19.4 Å². The smallest absolute Gasteiger partial charge is 0.272 e. The van der Waals surface area contributed by atoms with Gasteiger partial charge in [-0.05, 0) is 41.1 Å². The average molecular weight is 354 g/mol. The van der Waals surface area contributed by atoms with Crippen molar-refractivity contribution in [1.29, 1.82) is 0 Å². The molecule has 1 atom stereocenters. The van der Waals surface area contributed by atoms with Crippen LogP contribution in [0.1, 0.15) is 11.6 Å². The fraction of sp³-hybridized carbons (Fsp3) is 0.0714. The van der Waals surface area contributed by atoms with Crippen LogP contribution in [0.3, 0.4) is 0 Å². The first-order valence-electron chi connectivity index (χ1n) is 6.12. The van der Waals surface area contributed by atoms with E-state index in [2.05, 4.69) is 4.99 Å². The number of benzene rings is 2. The van der Waals surface area contributed by atoms with Crippen molar-refractivity contribution < 1.29 is 19.4 Å². The molecule has 0 saturated carbocycles. The first kappa shape index (κ1) is 15.3. The molecular weight excluding hydrogens is 345 g/mol. The molecule has 0 amide bonds. The lowest BCUT2D eigenvalue weighted by Gasteiger charge is -2.40. The Morgan fingerprint density at radius 3 is 2.14 bits per heavy atom. The van der Waals surface area contributed by atoms with E-state index in [1.165, 1.54) is 0 Å². The van der Waals surface area contributed by atoms with Gasteiger partial charge in [0.25, 0.3) is 0 Å². The van der Waals surface area contributed by atoms with Crippen molar-refractivity contribution in [1.82, 2.24) is 0 Å². The van der Waals surface area contributed by atoms with Crippen molar-refractivity contribution >= 4 is 27.9 Å². The molecule has 0 N–H and O–H groups in total. The van der Waals surface area contributed by atoms with E-state index < -0.39 is 21.2 Å². The number of halogens is 6. The Kier molecular flexibility index (Phi) is 2.80. The topological polar surface area (TPSA) is 12.4 Å². The van der Waals surface area contributed by atoms with Gasteiger partial charge in [0.1, 0.15) is 4.90 Å². The summed E-state index contributed by atoms with van der Waals surface area (Å²) in [5, 5.41) is 0.818. The van der Waals surface area contributed by atoms with Crippen LogP contribution in [0, 0.1) is 0 Å². The lowest BCUT2D eigenvalue weighted by atomic mass is 10.1. The van der Waals surface area contributed by atoms with Gasteiger partial charge in [-0.2, -0.15) is 0 Å². The summed E-state index contributed by atoms with van der Waals surface area (Å²) in [6.07, 6.45) is 1.62. The number of hydrogen-bond donors (Lipinski definition) is 0. The second-order valence-corrected chi connectivity index (χ2v) is 7.83. The number of nitrogens with zero attached hydrogens (tertiary/aromatic N) is 1. The maximum absolute atomic E-state index is 12.8. The molecule has 1 aliphatic rings. The van der Waals surface area contributed by atoms with E-state index in [9.17, 15) is 19.4 Å². The number of rotatable bonds is 2. The van der Waals surface area contributed by atoms with Crippen molar-refractivity contribution in [3.8, 4) is 0 Å². The van der Waals surface area contributed by atoms with Crippen molar-refractivity contribution in [2.75, 3.05) is 0 Å². The summed E-state index contributed by atoms with van der Waals surface area (Å²) in [5.41, 5.74) is 0.717. The molecule has 2 aromatic carbocycles. The summed E-state index contributed by atoms with van der Waals surface area (Å²) in [7, 11) is -9.69. The van der Waals surface area contributed by atoms with Crippen molar-refractivity contribution in [3.05, 3.63) is 63.6 Å². The van der Waals surface area contributed by atoms with Crippen LogP contribution < -0.4 is 10.6 Å². The Labute approximate surface area is 127 Å². The molecule has 118 valence electrons. The highest BCUT2D eigenvalue weighted by atomic mass is 35.5. The maximum atomic E-state index is 12.8. The summed E-state index contributed by atoms with van der Waals surface area (Å²) < 4.78 is 64.1. The minimum Gasteiger partial charge on any atom is -0.272 e. The highest BCUT2D eigenvalue weighted by molar-refractivity contribution is 8.45. The lowest BCUT2D eigenvalue weighted by Crippen LogP contribution is -2.23. The second-order valence-electron chi connectivity index (χ2n) is 4.98. The van der Waals surface area contributed by atoms with E-state index in [1.54, 1.807) is 30.3 Å². The van der Waals surface area contributed by atoms with Crippen molar-refractivity contribution in [2.45, 2.75) is 10.9 Å². The lowest BCUT2D eigenvalue weighted by molar-refractivity contribution is 0.364. The van der Waals surface area contributed by atoms with Gasteiger partial charge in [0, 0.05) is 5.02 Å². The molecule has 8 heteroatoms. The number of fused-ring (bicyclic) bond motifs is 1. The standard InChI is InChI=1S/C14H9ClF5NS/c15-11-4-1-9(2-5-11)13-7-10-3-6-12(8-14(10)21-13)22(16,17,18,19)20/h1-8,13H/t13-/m1/s1. The van der Waals surface area contributed by atoms with Gasteiger partial charge < -0.3 is 0 Å². The summed E-state index contributed by atoms with van der Waals surface area (Å²) in [5.74, 6) is 0. The van der Waals surface area contributed by atoms with Crippen molar-refractivity contribution in [2.24, 2.45) is 4.99 Å². The van der Waals surface area contributed by atoms with E-state index in [1.807, 2.05) is 0 Å². The molecule has 0 fully saturated rings. The third-order valence-electron chi connectivity index (χ3n) is 3.27. The second kappa shape index (κ2) is 4.02. The molecule has 0 saturated heterocycles. The Morgan fingerprint density at radius 2 is 1.55 bits per heavy atom. The van der Waals surface area contributed by atoms with Crippen LogP contribution in [0.2, 0.25) is 5.02 Å². The Hall–Kier alpha value is -1.60. The van der Waals surface area contributed by atoms with Crippen LogP contribution >= 0.6 is 21.8 Å². The summed E-state index contributed by atoms with van der Waals surface area (Å²) >= 11 is 5.76. The largest absolute Gasteiger partial charge is 0.310 e. The zero-order valence-electron chi connectivity index (χ0n) is 10.8. The molecule has 2 aromatic rings. The molecular formula is C14H9ClF5NS. The molecule has 22 heavy (non-hydrogen) atoms. The van der Waals surface area contributed by atoms with Crippen LogP contribution in [-0.4, -0.2) is 0 Å². The Morgan fingerprint density at radius 1 is 0.909 bits per heavy atom. The van der Waals surface area contributed by atoms with Gasteiger partial charge in [-0.1, -0.05) is 49.2 Å². The van der Waals surface area contributed by atoms with E-state index in [0.717, 1.165) is 11.6 Å². The quantitative estimate of drug-likeness (QED) is 0.662. The number of hydrogen-bond acceptors (Lipinski definition) is 1. The van der Waals surface area contributed by atoms with Crippen LogP contribution in [0.15, 0.2) is 52.4 Å². The molecule has 0 unspecified atom stereocenters. The van der Waals surface area contributed by atoms with Gasteiger partial charge >= 0.3 is 10.2 Å². The maximum Gasteiger partial charge on any atom is 0.310 e. The van der Waals surface area contributed by atoms with E-state index in [-0.39, 0.29) is 5.36 Å². The van der Waals surface area contributed by atoms with Crippen LogP contribution in [0.5, 0.6) is 0 Å². The highest BCUT2D eigenvalue weighted by Crippen LogP contribution is 3.01. The molecule has 0 bridgehead atoms. The molecule has 0 aliphatic carbocycles. The SMILES string of the molecule is FS(F)(F)(F)(F)c1ccc2c(c1)=N[C@@H](c1ccc(Cl)cc1)C=2. The minimum absolute atomic E-state index is 0.0919. The first-order chi connectivity index (χ1) is 9.92. The molecule has 0 spiro atoms. The predicted molar refractivity (Wildman–Crippen MR) is 77.3 cm³/mol. The third-order valence-corrected chi connectivity index (χ3v) is 4.67. The van der Waals surface area contributed by atoms with Gasteiger partial charge in [0.2, 0.25) is 0 Å². The molecule has 0 radical (unpaired) electrons. The average Bonchev–Trinajstić information content (AvgIpc) is 2.79. The summed E-state index contributed by atoms with van der Waals surface area (Å²) in [6.45, 7) is 0. The van der Waals surface area contributed by atoms with E-state index in [0.29, 0.717) is 22.4 Å². The zero-order valence-corrected chi connectivity index (χ0v) is 12.4. The normalized spacial score (nSPS) is 20.4. The molecule has 1 heterocycles. The first-order valence-corrected chi connectivity index (χ1v) is 8.45. The fourth-order valence-electron chi connectivity index (χ4n) is 2.20. The predicted octanol–water partition coefficient (Wildman–Crippen LogP) is 5.15. The molecule has 3 rings (SSSR count). The van der Waals surface area contributed by atoms with Gasteiger partial charge in [-0.3, -0.25) is 4.99 Å². The van der Waals surface area contributed by atoms with Gasteiger partial charge in [-0.15, -0.1) is 0 Å². The fourth-order valence-corrected chi connectivity index (χ4v) is 2.99. The monoisotopic (exact) mass is 353 g/mol. The molecule has 1 aliphatic heterocycles. The van der Waals surface area contributed by atoms with Crippen LogP contribution in [0.25, 0.3) is 6.08 Å². The van der Waals surface area contributed by atoms with Crippen LogP contribution in [-0.2, 0) is 0 Å². The minimum atomic E-state index is -9.69. The molecule has 1 nitrogen and oxygen atoms in total. The van der Waals surface area contributed by atoms with Gasteiger partial charge in [0.05, 0.1) is 11.4 Å². The third kappa shape index (κ3) is 2.96. The molecule has 0 aromatic heterocycles. The Balaban J connectivity index is 2.09. The summed E-state index contributed by atoms with van der Waals surface area (Å²) in [4.78, 5) is 2.15. The Bertz CT molecular complexity index is 875. The highest BCUT2D eigenvalue weighted by Gasteiger charge is 2.65. The zero-order chi connectivity index (χ0) is 16.2. The van der Waals surface area contributed by atoms with Gasteiger partial charge in [0.15, 0.2) is 0 Å². The summed E-state index contributed by atoms with van der Waals surface area (Å²) in [6, 6.07) is 7.93.